The van der Waals surface area contributed by atoms with Gasteiger partial charge in [-0.3, -0.25) is 4.21 Å². The summed E-state index contributed by atoms with van der Waals surface area (Å²) in [7, 11) is -0.727. The van der Waals surface area contributed by atoms with E-state index >= 15 is 0 Å². The van der Waals surface area contributed by atoms with E-state index in [-0.39, 0.29) is 6.04 Å². The maximum atomic E-state index is 11.0. The molecule has 0 spiro atoms. The van der Waals surface area contributed by atoms with Gasteiger partial charge in [0, 0.05) is 40.6 Å². The van der Waals surface area contributed by atoms with Crippen molar-refractivity contribution < 1.29 is 4.21 Å². The summed E-state index contributed by atoms with van der Waals surface area (Å²) in [5, 5.41) is 3.33. The van der Waals surface area contributed by atoms with Crippen LogP contribution < -0.4 is 5.32 Å². The molecule has 0 saturated heterocycles. The van der Waals surface area contributed by atoms with Crippen LogP contribution in [0.15, 0.2) is 6.07 Å². The van der Waals surface area contributed by atoms with Gasteiger partial charge in [-0.25, -0.2) is 9.97 Å². The summed E-state index contributed by atoms with van der Waals surface area (Å²) < 4.78 is 11.0. The molecule has 5 heteroatoms. The van der Waals surface area contributed by atoms with Crippen LogP contribution in [0.5, 0.6) is 0 Å². The molecule has 0 saturated carbocycles. The van der Waals surface area contributed by atoms with Gasteiger partial charge >= 0.3 is 0 Å². The third-order valence-electron chi connectivity index (χ3n) is 2.49. The smallest absolute Gasteiger partial charge is 0.130 e. The number of hydrogen-bond acceptors (Lipinski definition) is 4. The molecule has 0 aliphatic carbocycles. The molecule has 0 aromatic carbocycles. The zero-order valence-electron chi connectivity index (χ0n) is 11.0. The second-order valence-corrected chi connectivity index (χ2v) is 5.81. The Bertz CT molecular complexity index is 395. The van der Waals surface area contributed by atoms with Gasteiger partial charge in [-0.2, -0.15) is 0 Å². The number of nitrogens with one attached hydrogen (secondary N) is 1. The Balaban J connectivity index is 2.61. The number of hydrogen-bond donors (Lipinski definition) is 1. The van der Waals surface area contributed by atoms with Crippen LogP contribution in [-0.2, 0) is 17.2 Å². The highest BCUT2D eigenvalue weighted by atomic mass is 32.2. The van der Waals surface area contributed by atoms with Crippen LogP contribution in [0.2, 0.25) is 0 Å². The number of aryl methyl sites for hydroxylation is 2. The van der Waals surface area contributed by atoms with Gasteiger partial charge in [0.1, 0.15) is 11.6 Å². The summed E-state index contributed by atoms with van der Waals surface area (Å²) in [5.41, 5.74) is 1.05. The van der Waals surface area contributed by atoms with E-state index in [4.69, 9.17) is 0 Å². The summed E-state index contributed by atoms with van der Waals surface area (Å²) in [6.07, 6.45) is 3.52. The third-order valence-corrected chi connectivity index (χ3v) is 3.30. The average molecular weight is 255 g/mol. The molecule has 0 bridgehead atoms. The average Bonchev–Trinajstić information content (AvgIpc) is 2.25. The molecule has 0 amide bonds. The fourth-order valence-corrected chi connectivity index (χ4v) is 2.24. The SMILES string of the molecule is CCc1cc(NC(C)CCS(C)=O)nc(C)n1. The van der Waals surface area contributed by atoms with Crippen molar-refractivity contribution in [1.29, 1.82) is 0 Å². The lowest BCUT2D eigenvalue weighted by molar-refractivity contribution is 0.678. The number of anilines is 1. The molecule has 0 radical (unpaired) electrons. The van der Waals surface area contributed by atoms with E-state index in [1.54, 1.807) is 6.26 Å². The van der Waals surface area contributed by atoms with E-state index in [0.717, 1.165) is 35.9 Å². The maximum absolute atomic E-state index is 11.0. The van der Waals surface area contributed by atoms with Crippen molar-refractivity contribution >= 4 is 16.6 Å². The standard InChI is InChI=1S/C12H21N3OS/c1-5-11-8-12(15-10(3)14-11)13-9(2)6-7-17(4)16/h8-9H,5-7H2,1-4H3,(H,13,14,15). The molecule has 1 heterocycles. The molecule has 0 fully saturated rings. The van der Waals surface area contributed by atoms with Crippen LogP contribution in [-0.4, -0.2) is 32.2 Å². The van der Waals surface area contributed by atoms with Gasteiger partial charge in [0.2, 0.25) is 0 Å². The minimum Gasteiger partial charge on any atom is -0.367 e. The van der Waals surface area contributed by atoms with Crippen LogP contribution in [0.4, 0.5) is 5.82 Å². The monoisotopic (exact) mass is 255 g/mol. The van der Waals surface area contributed by atoms with Crippen LogP contribution in [0, 0.1) is 6.92 Å². The Hall–Kier alpha value is -0.970. The van der Waals surface area contributed by atoms with E-state index in [9.17, 15) is 4.21 Å². The topological polar surface area (TPSA) is 54.9 Å². The lowest BCUT2D eigenvalue weighted by Gasteiger charge is -2.14. The number of aromatic nitrogens is 2. The number of rotatable bonds is 6. The lowest BCUT2D eigenvalue weighted by Crippen LogP contribution is -2.19. The second-order valence-electron chi connectivity index (χ2n) is 4.26. The second kappa shape index (κ2) is 6.69. The van der Waals surface area contributed by atoms with E-state index in [1.165, 1.54) is 0 Å². The highest BCUT2D eigenvalue weighted by Gasteiger charge is 2.06. The van der Waals surface area contributed by atoms with Crippen molar-refractivity contribution in [3.63, 3.8) is 0 Å². The van der Waals surface area contributed by atoms with E-state index in [0.29, 0.717) is 0 Å². The zero-order chi connectivity index (χ0) is 12.8. The summed E-state index contributed by atoms with van der Waals surface area (Å²) in [4.78, 5) is 8.68. The molecule has 0 aliphatic rings. The molecule has 1 aromatic heterocycles. The Morgan fingerprint density at radius 3 is 2.76 bits per heavy atom. The molecule has 1 N–H and O–H groups in total. The molecular weight excluding hydrogens is 234 g/mol. The molecule has 0 aliphatic heterocycles. The Morgan fingerprint density at radius 2 is 2.18 bits per heavy atom. The van der Waals surface area contributed by atoms with Crippen molar-refractivity contribution in [2.75, 3.05) is 17.3 Å². The quantitative estimate of drug-likeness (QED) is 0.843. The maximum Gasteiger partial charge on any atom is 0.130 e. The molecule has 17 heavy (non-hydrogen) atoms. The summed E-state index contributed by atoms with van der Waals surface area (Å²) >= 11 is 0. The van der Waals surface area contributed by atoms with Gasteiger partial charge in [-0.05, 0) is 26.7 Å². The molecule has 2 unspecified atom stereocenters. The largest absolute Gasteiger partial charge is 0.367 e. The predicted octanol–water partition coefficient (Wildman–Crippen LogP) is 1.92. The molecule has 4 nitrogen and oxygen atoms in total. The van der Waals surface area contributed by atoms with Gasteiger partial charge in [-0.15, -0.1) is 0 Å². The fraction of sp³-hybridized carbons (Fsp3) is 0.667. The molecular formula is C12H21N3OS. The van der Waals surface area contributed by atoms with Gasteiger partial charge < -0.3 is 5.32 Å². The molecule has 1 rings (SSSR count). The Labute approximate surface area is 106 Å². The molecule has 96 valence electrons. The van der Waals surface area contributed by atoms with Crippen molar-refractivity contribution in [2.45, 2.75) is 39.7 Å². The fourth-order valence-electron chi connectivity index (χ4n) is 1.55. The first-order chi connectivity index (χ1) is 8.01. The minimum atomic E-state index is -0.727. The van der Waals surface area contributed by atoms with Crippen molar-refractivity contribution in [1.82, 2.24) is 9.97 Å². The Kier molecular flexibility index (Phi) is 5.55. The van der Waals surface area contributed by atoms with Crippen molar-refractivity contribution in [2.24, 2.45) is 0 Å². The van der Waals surface area contributed by atoms with E-state index in [2.05, 4.69) is 29.1 Å². The minimum absolute atomic E-state index is 0.276. The van der Waals surface area contributed by atoms with Gasteiger partial charge in [0.15, 0.2) is 0 Å². The first-order valence-electron chi connectivity index (χ1n) is 5.92. The van der Waals surface area contributed by atoms with Gasteiger partial charge in [-0.1, -0.05) is 6.92 Å². The van der Waals surface area contributed by atoms with Gasteiger partial charge in [0.05, 0.1) is 0 Å². The normalized spacial score (nSPS) is 14.4. The lowest BCUT2D eigenvalue weighted by atomic mass is 10.2. The van der Waals surface area contributed by atoms with Crippen molar-refractivity contribution in [3.8, 4) is 0 Å². The molecule has 1 aromatic rings. The number of nitrogens with zero attached hydrogens (tertiary/aromatic N) is 2. The first-order valence-corrected chi connectivity index (χ1v) is 7.65. The van der Waals surface area contributed by atoms with Crippen molar-refractivity contribution in [3.05, 3.63) is 17.6 Å². The Morgan fingerprint density at radius 1 is 1.47 bits per heavy atom. The summed E-state index contributed by atoms with van der Waals surface area (Å²) in [5.74, 6) is 2.38. The highest BCUT2D eigenvalue weighted by Crippen LogP contribution is 2.10. The van der Waals surface area contributed by atoms with E-state index in [1.807, 2.05) is 13.0 Å². The van der Waals surface area contributed by atoms with Crippen LogP contribution in [0.1, 0.15) is 31.8 Å². The summed E-state index contributed by atoms with van der Waals surface area (Å²) in [6, 6.07) is 2.25. The van der Waals surface area contributed by atoms with E-state index < -0.39 is 10.8 Å². The first kappa shape index (κ1) is 14.1. The van der Waals surface area contributed by atoms with Gasteiger partial charge in [0.25, 0.3) is 0 Å². The van der Waals surface area contributed by atoms with Crippen LogP contribution >= 0.6 is 0 Å². The highest BCUT2D eigenvalue weighted by molar-refractivity contribution is 7.84. The zero-order valence-corrected chi connectivity index (χ0v) is 11.8. The predicted molar refractivity (Wildman–Crippen MR) is 72.8 cm³/mol. The van der Waals surface area contributed by atoms with Crippen LogP contribution in [0.25, 0.3) is 0 Å². The summed E-state index contributed by atoms with van der Waals surface area (Å²) in [6.45, 7) is 6.06. The van der Waals surface area contributed by atoms with Crippen LogP contribution in [0.3, 0.4) is 0 Å². The molecule has 2 atom stereocenters. The third kappa shape index (κ3) is 5.26.